The van der Waals surface area contributed by atoms with Crippen molar-refractivity contribution in [3.63, 3.8) is 0 Å². The number of rotatable bonds is 1. The predicted molar refractivity (Wildman–Crippen MR) is 129 cm³/mol. The highest BCUT2D eigenvalue weighted by Crippen LogP contribution is 2.77. The van der Waals surface area contributed by atoms with E-state index in [1.807, 2.05) is 0 Å². The first-order valence-electron chi connectivity index (χ1n) is 10.9. The Labute approximate surface area is 175 Å². The highest BCUT2D eigenvalue weighted by atomic mass is 31.1. The Kier molecular flexibility index (Phi) is 5.53. The van der Waals surface area contributed by atoms with E-state index < -0.39 is 0 Å². The summed E-state index contributed by atoms with van der Waals surface area (Å²) in [5, 5.41) is 0.803. The summed E-state index contributed by atoms with van der Waals surface area (Å²) in [6.07, 6.45) is 5.34. The largest absolute Gasteiger partial charge is 0.0922 e. The third kappa shape index (κ3) is 3.73. The summed E-state index contributed by atoms with van der Waals surface area (Å²) in [6, 6.07) is 18.9. The van der Waals surface area contributed by atoms with E-state index in [9.17, 15) is 0 Å². The molecule has 4 atom stereocenters. The van der Waals surface area contributed by atoms with Gasteiger partial charge in [-0.15, -0.1) is 0 Å². The third-order valence-electron chi connectivity index (χ3n) is 6.69. The topological polar surface area (TPSA) is 0 Å². The Morgan fingerprint density at radius 1 is 0.607 bits per heavy atom. The van der Waals surface area contributed by atoms with Crippen molar-refractivity contribution in [3.8, 4) is 0 Å². The molecule has 2 aliphatic heterocycles. The van der Waals surface area contributed by atoms with Gasteiger partial charge in [0.05, 0.1) is 0 Å². The molecule has 0 N–H and O–H groups in total. The van der Waals surface area contributed by atoms with Crippen LogP contribution in [0.25, 0.3) is 0 Å². The van der Waals surface area contributed by atoms with E-state index in [0.717, 1.165) is 0 Å². The van der Waals surface area contributed by atoms with Crippen LogP contribution in [0.4, 0.5) is 0 Å². The summed E-state index contributed by atoms with van der Waals surface area (Å²) < 4.78 is 0. The first-order chi connectivity index (χ1) is 13.2. The van der Waals surface area contributed by atoms with Gasteiger partial charge in [0.2, 0.25) is 0 Å². The SMILES string of the molecule is CC(C)(C)P1CCc2ccccc2C1C1c2ccccc2CCP1C(C)(C)C. The van der Waals surface area contributed by atoms with Crippen molar-refractivity contribution in [2.45, 2.75) is 76.0 Å². The lowest BCUT2D eigenvalue weighted by molar-refractivity contribution is 0.698. The van der Waals surface area contributed by atoms with Gasteiger partial charge in [-0.25, -0.2) is 0 Å². The quantitative estimate of drug-likeness (QED) is 0.416. The standard InChI is InChI=1S/C26H36P2/c1-25(2,3)27-17-15-19-11-7-9-13-21(19)23(27)24-22-14-10-8-12-20(22)16-18-28(24)26(4,5)6/h7-14,23-24H,15-18H2,1-6H3. The van der Waals surface area contributed by atoms with Crippen LogP contribution in [0.2, 0.25) is 0 Å². The van der Waals surface area contributed by atoms with Gasteiger partial charge in [-0.2, -0.15) is 0 Å². The molecule has 4 unspecified atom stereocenters. The normalized spacial score (nSPS) is 27.8. The number of benzene rings is 2. The van der Waals surface area contributed by atoms with Crippen LogP contribution in [0.3, 0.4) is 0 Å². The van der Waals surface area contributed by atoms with Gasteiger partial charge in [0, 0.05) is 11.3 Å². The monoisotopic (exact) mass is 410 g/mol. The molecule has 0 nitrogen and oxygen atoms in total. The fourth-order valence-electron chi connectivity index (χ4n) is 5.38. The van der Waals surface area contributed by atoms with Gasteiger partial charge in [0.25, 0.3) is 0 Å². The Balaban J connectivity index is 1.93. The minimum Gasteiger partial charge on any atom is -0.0922 e. The lowest BCUT2D eigenvalue weighted by Gasteiger charge is -2.52. The lowest BCUT2D eigenvalue weighted by atomic mass is 9.93. The van der Waals surface area contributed by atoms with Crippen molar-refractivity contribution in [2.75, 3.05) is 12.3 Å². The molecule has 0 radical (unpaired) electrons. The number of aryl methyl sites for hydroxylation is 2. The fraction of sp³-hybridized carbons (Fsp3) is 0.538. The molecule has 0 bridgehead atoms. The van der Waals surface area contributed by atoms with E-state index in [1.54, 1.807) is 22.3 Å². The van der Waals surface area contributed by atoms with Gasteiger partial charge < -0.3 is 0 Å². The van der Waals surface area contributed by atoms with Gasteiger partial charge in [0.15, 0.2) is 0 Å². The van der Waals surface area contributed by atoms with Crippen LogP contribution in [0.15, 0.2) is 48.5 Å². The second kappa shape index (κ2) is 7.52. The van der Waals surface area contributed by atoms with Crippen LogP contribution in [-0.2, 0) is 12.8 Å². The Bertz CT molecular complexity index is 768. The van der Waals surface area contributed by atoms with Crippen molar-refractivity contribution >= 4 is 15.8 Å². The van der Waals surface area contributed by atoms with Gasteiger partial charge >= 0.3 is 0 Å². The average molecular weight is 411 g/mol. The molecule has 2 aromatic rings. The molecule has 0 fully saturated rings. The van der Waals surface area contributed by atoms with Crippen molar-refractivity contribution in [1.29, 1.82) is 0 Å². The summed E-state index contributed by atoms with van der Waals surface area (Å²) in [4.78, 5) is 0. The summed E-state index contributed by atoms with van der Waals surface area (Å²) in [5.41, 5.74) is 8.06. The number of hydrogen-bond donors (Lipinski definition) is 0. The van der Waals surface area contributed by atoms with Gasteiger partial charge in [-0.1, -0.05) is 106 Å². The Morgan fingerprint density at radius 3 is 1.32 bits per heavy atom. The zero-order valence-electron chi connectivity index (χ0n) is 18.5. The summed E-state index contributed by atoms with van der Waals surface area (Å²) in [7, 11) is -0.135. The van der Waals surface area contributed by atoms with E-state index in [-0.39, 0.29) is 15.8 Å². The zero-order valence-corrected chi connectivity index (χ0v) is 20.3. The molecule has 150 valence electrons. The van der Waals surface area contributed by atoms with E-state index in [0.29, 0.717) is 21.6 Å². The first-order valence-corrected chi connectivity index (χ1v) is 14.1. The van der Waals surface area contributed by atoms with Crippen molar-refractivity contribution < 1.29 is 0 Å². The van der Waals surface area contributed by atoms with Crippen molar-refractivity contribution in [3.05, 3.63) is 70.8 Å². The second-order valence-electron chi connectivity index (χ2n) is 10.5. The van der Waals surface area contributed by atoms with E-state index in [4.69, 9.17) is 0 Å². The molecule has 0 aliphatic carbocycles. The molecule has 28 heavy (non-hydrogen) atoms. The molecule has 4 rings (SSSR count). The zero-order chi connectivity index (χ0) is 20.1. The lowest BCUT2D eigenvalue weighted by Crippen LogP contribution is -2.31. The predicted octanol–water partition coefficient (Wildman–Crippen LogP) is 8.14. The molecule has 0 saturated heterocycles. The molecule has 2 aromatic carbocycles. The molecular formula is C26H36P2. The average Bonchev–Trinajstić information content (AvgIpc) is 2.64. The number of fused-ring (bicyclic) bond motifs is 2. The highest BCUT2D eigenvalue weighted by Gasteiger charge is 2.47. The van der Waals surface area contributed by atoms with E-state index in [2.05, 4.69) is 90.1 Å². The second-order valence-corrected chi connectivity index (χ2v) is 17.1. The molecule has 2 aliphatic rings. The molecule has 0 amide bonds. The van der Waals surface area contributed by atoms with Crippen LogP contribution in [-0.4, -0.2) is 22.6 Å². The minimum atomic E-state index is -0.0677. The molecule has 0 aromatic heterocycles. The highest BCUT2D eigenvalue weighted by molar-refractivity contribution is 7.64. The van der Waals surface area contributed by atoms with Crippen LogP contribution >= 0.6 is 15.8 Å². The maximum atomic E-state index is 2.51. The van der Waals surface area contributed by atoms with Crippen LogP contribution in [0.5, 0.6) is 0 Å². The van der Waals surface area contributed by atoms with Crippen molar-refractivity contribution in [1.82, 2.24) is 0 Å². The molecule has 0 spiro atoms. The Hall–Kier alpha value is -0.700. The fourth-order valence-corrected chi connectivity index (χ4v) is 13.1. The summed E-state index contributed by atoms with van der Waals surface area (Å²) in [6.45, 7) is 15.0. The smallest absolute Gasteiger partial charge is 0.0158 e. The Morgan fingerprint density at radius 2 is 0.964 bits per heavy atom. The van der Waals surface area contributed by atoms with Crippen LogP contribution in [0, 0.1) is 0 Å². The van der Waals surface area contributed by atoms with Crippen molar-refractivity contribution in [2.24, 2.45) is 0 Å². The minimum absolute atomic E-state index is 0.0677. The van der Waals surface area contributed by atoms with E-state index in [1.165, 1.54) is 25.2 Å². The number of hydrogen-bond acceptors (Lipinski definition) is 0. The first kappa shape index (κ1) is 20.6. The van der Waals surface area contributed by atoms with E-state index >= 15 is 0 Å². The third-order valence-corrected chi connectivity index (χ3v) is 14.3. The maximum Gasteiger partial charge on any atom is 0.0158 e. The van der Waals surface area contributed by atoms with Gasteiger partial charge in [0.1, 0.15) is 0 Å². The van der Waals surface area contributed by atoms with Gasteiger partial charge in [-0.3, -0.25) is 0 Å². The maximum absolute atomic E-state index is 2.51. The molecule has 0 saturated carbocycles. The molecule has 2 heterocycles. The van der Waals surface area contributed by atoms with Gasteiger partial charge in [-0.05, 0) is 57.7 Å². The summed E-state index contributed by atoms with van der Waals surface area (Å²) >= 11 is 0. The summed E-state index contributed by atoms with van der Waals surface area (Å²) in [5.74, 6) is 0. The molecule has 2 heteroatoms. The van der Waals surface area contributed by atoms with Crippen LogP contribution in [0.1, 0.15) is 75.1 Å². The van der Waals surface area contributed by atoms with Crippen LogP contribution < -0.4 is 0 Å². The molecular weight excluding hydrogens is 374 g/mol.